The molecule has 2 aromatic rings. The molecule has 118 valence electrons. The van der Waals surface area contributed by atoms with Gasteiger partial charge in [-0.15, -0.1) is 0 Å². The lowest BCUT2D eigenvalue weighted by molar-refractivity contribution is 0.0952. The molecule has 0 atom stereocenters. The van der Waals surface area contributed by atoms with E-state index in [-0.39, 0.29) is 12.0 Å². The van der Waals surface area contributed by atoms with Gasteiger partial charge in [-0.1, -0.05) is 0 Å². The molecule has 0 saturated heterocycles. The van der Waals surface area contributed by atoms with Gasteiger partial charge in [0.15, 0.2) is 0 Å². The standard InChI is InChI=1S/C17H23N3O2/c1-12(2)22-16-7-5-15(6-8-16)17(21)18-9-10-20-14(4)11-13(3)19-20/h5-8,11-12H,9-10H2,1-4H3,(H,18,21). The smallest absolute Gasteiger partial charge is 0.251 e. The molecule has 1 aromatic heterocycles. The van der Waals surface area contributed by atoms with Gasteiger partial charge in [-0.25, -0.2) is 0 Å². The fourth-order valence-corrected chi connectivity index (χ4v) is 2.24. The summed E-state index contributed by atoms with van der Waals surface area (Å²) in [6.07, 6.45) is 0.125. The molecule has 1 aromatic carbocycles. The van der Waals surface area contributed by atoms with Gasteiger partial charge in [0.25, 0.3) is 5.91 Å². The molecule has 1 amide bonds. The molecule has 22 heavy (non-hydrogen) atoms. The first-order chi connectivity index (χ1) is 10.5. The van der Waals surface area contributed by atoms with Crippen molar-refractivity contribution in [3.8, 4) is 5.75 Å². The Kier molecular flexibility index (Phi) is 5.20. The van der Waals surface area contributed by atoms with Crippen LogP contribution in [0.4, 0.5) is 0 Å². The van der Waals surface area contributed by atoms with Crippen LogP contribution in [0.25, 0.3) is 0 Å². The van der Waals surface area contributed by atoms with Crippen LogP contribution in [-0.4, -0.2) is 28.3 Å². The minimum Gasteiger partial charge on any atom is -0.491 e. The first-order valence-electron chi connectivity index (χ1n) is 7.51. The minimum atomic E-state index is -0.0855. The second-order valence-electron chi connectivity index (χ2n) is 5.60. The molecule has 0 bridgehead atoms. The maximum absolute atomic E-state index is 12.1. The van der Waals surface area contributed by atoms with Crippen LogP contribution in [-0.2, 0) is 6.54 Å². The van der Waals surface area contributed by atoms with Crippen LogP contribution < -0.4 is 10.1 Å². The summed E-state index contributed by atoms with van der Waals surface area (Å²) in [5.74, 6) is 0.687. The highest BCUT2D eigenvalue weighted by atomic mass is 16.5. The molecule has 5 heteroatoms. The Hall–Kier alpha value is -2.30. The van der Waals surface area contributed by atoms with Gasteiger partial charge in [0.2, 0.25) is 0 Å². The van der Waals surface area contributed by atoms with Crippen molar-refractivity contribution in [1.82, 2.24) is 15.1 Å². The molecule has 0 aliphatic rings. The Morgan fingerprint density at radius 3 is 2.50 bits per heavy atom. The Balaban J connectivity index is 1.85. The van der Waals surface area contributed by atoms with E-state index in [0.29, 0.717) is 18.7 Å². The zero-order valence-corrected chi connectivity index (χ0v) is 13.6. The topological polar surface area (TPSA) is 56.2 Å². The van der Waals surface area contributed by atoms with Crippen molar-refractivity contribution in [2.75, 3.05) is 6.54 Å². The van der Waals surface area contributed by atoms with Gasteiger partial charge in [0, 0.05) is 17.8 Å². The first kappa shape index (κ1) is 16.1. The van der Waals surface area contributed by atoms with E-state index in [0.717, 1.165) is 17.1 Å². The average molecular weight is 301 g/mol. The third-order valence-corrected chi connectivity index (χ3v) is 3.20. The zero-order chi connectivity index (χ0) is 16.1. The minimum absolute atomic E-state index is 0.0855. The maximum Gasteiger partial charge on any atom is 0.251 e. The number of aryl methyl sites for hydroxylation is 2. The van der Waals surface area contributed by atoms with E-state index in [1.165, 1.54) is 0 Å². The van der Waals surface area contributed by atoms with Crippen LogP contribution >= 0.6 is 0 Å². The second kappa shape index (κ2) is 7.11. The Labute approximate surface area is 131 Å². The molecule has 0 radical (unpaired) electrons. The number of carbonyl (C=O) groups excluding carboxylic acids is 1. The van der Waals surface area contributed by atoms with Gasteiger partial charge in [-0.2, -0.15) is 5.10 Å². The Morgan fingerprint density at radius 2 is 1.95 bits per heavy atom. The maximum atomic E-state index is 12.1. The summed E-state index contributed by atoms with van der Waals surface area (Å²) in [7, 11) is 0. The molecule has 0 fully saturated rings. The predicted molar refractivity (Wildman–Crippen MR) is 86.2 cm³/mol. The van der Waals surface area contributed by atoms with E-state index < -0.39 is 0 Å². The van der Waals surface area contributed by atoms with Crippen LogP contribution in [0.3, 0.4) is 0 Å². The van der Waals surface area contributed by atoms with Crippen LogP contribution in [0.1, 0.15) is 35.6 Å². The van der Waals surface area contributed by atoms with Crippen molar-refractivity contribution in [2.24, 2.45) is 0 Å². The van der Waals surface area contributed by atoms with Crippen molar-refractivity contribution in [1.29, 1.82) is 0 Å². The highest BCUT2D eigenvalue weighted by Gasteiger charge is 2.06. The van der Waals surface area contributed by atoms with Crippen molar-refractivity contribution in [3.63, 3.8) is 0 Å². The molecule has 0 saturated carbocycles. The summed E-state index contributed by atoms with van der Waals surface area (Å²) in [5, 5.41) is 7.27. The number of carbonyl (C=O) groups is 1. The summed E-state index contributed by atoms with van der Waals surface area (Å²) in [5.41, 5.74) is 2.72. The number of nitrogens with one attached hydrogen (secondary N) is 1. The van der Waals surface area contributed by atoms with Crippen LogP contribution in [0, 0.1) is 13.8 Å². The van der Waals surface area contributed by atoms with Crippen molar-refractivity contribution < 1.29 is 9.53 Å². The monoisotopic (exact) mass is 301 g/mol. The normalized spacial score (nSPS) is 10.8. The molecule has 1 heterocycles. The number of hydrogen-bond acceptors (Lipinski definition) is 3. The quantitative estimate of drug-likeness (QED) is 0.892. The summed E-state index contributed by atoms with van der Waals surface area (Å²) in [6.45, 7) is 9.13. The number of ether oxygens (including phenoxy) is 1. The van der Waals surface area contributed by atoms with Crippen molar-refractivity contribution >= 4 is 5.91 Å². The lowest BCUT2D eigenvalue weighted by atomic mass is 10.2. The molecule has 5 nitrogen and oxygen atoms in total. The van der Waals surface area contributed by atoms with Gasteiger partial charge in [0.1, 0.15) is 5.75 Å². The third kappa shape index (κ3) is 4.35. The fraction of sp³-hybridized carbons (Fsp3) is 0.412. The number of benzene rings is 1. The number of aromatic nitrogens is 2. The van der Waals surface area contributed by atoms with E-state index in [9.17, 15) is 4.79 Å². The number of hydrogen-bond donors (Lipinski definition) is 1. The van der Waals surface area contributed by atoms with Gasteiger partial charge >= 0.3 is 0 Å². The molecule has 1 N–H and O–H groups in total. The summed E-state index contributed by atoms with van der Waals surface area (Å²) in [6, 6.07) is 9.20. The highest BCUT2D eigenvalue weighted by Crippen LogP contribution is 2.13. The lowest BCUT2D eigenvalue weighted by Crippen LogP contribution is -2.27. The third-order valence-electron chi connectivity index (χ3n) is 3.20. The highest BCUT2D eigenvalue weighted by molar-refractivity contribution is 5.94. The van der Waals surface area contributed by atoms with Gasteiger partial charge < -0.3 is 10.1 Å². The molecule has 0 unspecified atom stereocenters. The van der Waals surface area contributed by atoms with Crippen LogP contribution in [0.5, 0.6) is 5.75 Å². The van der Waals surface area contributed by atoms with E-state index >= 15 is 0 Å². The van der Waals surface area contributed by atoms with Gasteiger partial charge in [0.05, 0.1) is 18.3 Å². The first-order valence-corrected chi connectivity index (χ1v) is 7.51. The average Bonchev–Trinajstić information content (AvgIpc) is 2.77. The summed E-state index contributed by atoms with van der Waals surface area (Å²) >= 11 is 0. The summed E-state index contributed by atoms with van der Waals surface area (Å²) < 4.78 is 7.46. The molecule has 0 aliphatic carbocycles. The molecular weight excluding hydrogens is 278 g/mol. The lowest BCUT2D eigenvalue weighted by Gasteiger charge is -2.10. The molecule has 2 rings (SSSR count). The van der Waals surface area contributed by atoms with E-state index in [1.807, 2.05) is 50.6 Å². The van der Waals surface area contributed by atoms with Crippen LogP contribution in [0.15, 0.2) is 30.3 Å². The molecule has 0 aliphatic heterocycles. The fourth-order valence-electron chi connectivity index (χ4n) is 2.24. The van der Waals surface area contributed by atoms with Gasteiger partial charge in [-0.3, -0.25) is 9.48 Å². The van der Waals surface area contributed by atoms with E-state index in [1.54, 1.807) is 12.1 Å². The predicted octanol–water partition coefficient (Wildman–Crippen LogP) is 2.72. The van der Waals surface area contributed by atoms with E-state index in [2.05, 4.69) is 10.4 Å². The number of nitrogens with zero attached hydrogens (tertiary/aromatic N) is 2. The zero-order valence-electron chi connectivity index (χ0n) is 13.6. The summed E-state index contributed by atoms with van der Waals surface area (Å²) in [4.78, 5) is 12.1. The molecular formula is C17H23N3O2. The molecule has 0 spiro atoms. The SMILES string of the molecule is Cc1cc(C)n(CCNC(=O)c2ccc(OC(C)C)cc2)n1. The van der Waals surface area contributed by atoms with Crippen LogP contribution in [0.2, 0.25) is 0 Å². The largest absolute Gasteiger partial charge is 0.491 e. The van der Waals surface area contributed by atoms with Crippen molar-refractivity contribution in [2.45, 2.75) is 40.3 Å². The number of rotatable bonds is 6. The van der Waals surface area contributed by atoms with E-state index in [4.69, 9.17) is 4.74 Å². The van der Waals surface area contributed by atoms with Gasteiger partial charge in [-0.05, 0) is 58.0 Å². The van der Waals surface area contributed by atoms with Crippen molar-refractivity contribution in [3.05, 3.63) is 47.3 Å². The second-order valence-corrected chi connectivity index (χ2v) is 5.60. The Bertz CT molecular complexity index is 630. The Morgan fingerprint density at radius 1 is 1.27 bits per heavy atom. The number of amides is 1.